The molecule has 3 heterocycles. The van der Waals surface area contributed by atoms with Gasteiger partial charge >= 0.3 is 0 Å². The highest BCUT2D eigenvalue weighted by Crippen LogP contribution is 2.28. The van der Waals surface area contributed by atoms with Gasteiger partial charge < -0.3 is 9.73 Å². The van der Waals surface area contributed by atoms with Crippen LogP contribution in [0.4, 0.5) is 5.82 Å². The van der Waals surface area contributed by atoms with Crippen LogP contribution in [0.25, 0.3) is 22.2 Å². The molecule has 0 saturated carbocycles. The van der Waals surface area contributed by atoms with E-state index in [0.717, 1.165) is 33.4 Å². The molecule has 0 saturated heterocycles. The summed E-state index contributed by atoms with van der Waals surface area (Å²) in [6.07, 6.45) is 3.41. The highest BCUT2D eigenvalue weighted by atomic mass is 16.3. The third kappa shape index (κ3) is 2.75. The maximum absolute atomic E-state index is 12.7. The lowest BCUT2D eigenvalue weighted by molar-refractivity contribution is 0.0997. The summed E-state index contributed by atoms with van der Waals surface area (Å²) in [5.41, 5.74) is 5.59. The molecule has 3 aromatic heterocycles. The van der Waals surface area contributed by atoms with Crippen LogP contribution in [0.15, 0.2) is 47.1 Å². The minimum absolute atomic E-state index is 0.304. The van der Waals surface area contributed by atoms with Crippen molar-refractivity contribution in [2.45, 2.75) is 20.8 Å². The van der Waals surface area contributed by atoms with Crippen molar-refractivity contribution in [3.63, 3.8) is 0 Å². The zero-order chi connectivity index (χ0) is 18.3. The molecule has 0 aliphatic heterocycles. The Morgan fingerprint density at radius 2 is 1.81 bits per heavy atom. The maximum atomic E-state index is 12.7. The van der Waals surface area contributed by atoms with Crippen LogP contribution in [0, 0.1) is 20.8 Å². The molecule has 2 N–H and O–H groups in total. The van der Waals surface area contributed by atoms with Gasteiger partial charge in [-0.25, -0.2) is 0 Å². The Labute approximate surface area is 150 Å². The van der Waals surface area contributed by atoms with E-state index in [4.69, 9.17) is 4.42 Å². The molecule has 0 atom stereocenters. The Bertz CT molecular complexity index is 1110. The molecule has 4 rings (SSSR count). The van der Waals surface area contributed by atoms with E-state index in [1.807, 2.05) is 39.0 Å². The number of pyridine rings is 1. The SMILES string of the molecule is Cc1cc2oc(C(=O)Nc3cc(-c4ccncc4)[nH]n3)c(C)c2cc1C. The molecule has 0 bridgehead atoms. The molecule has 0 aliphatic carbocycles. The van der Waals surface area contributed by atoms with Crippen molar-refractivity contribution in [2.24, 2.45) is 0 Å². The molecule has 0 unspecified atom stereocenters. The lowest BCUT2D eigenvalue weighted by atomic mass is 10.1. The summed E-state index contributed by atoms with van der Waals surface area (Å²) in [7, 11) is 0. The quantitative estimate of drug-likeness (QED) is 0.576. The topological polar surface area (TPSA) is 83.8 Å². The Morgan fingerprint density at radius 1 is 1.08 bits per heavy atom. The second-order valence-corrected chi connectivity index (χ2v) is 6.35. The average Bonchev–Trinajstić information content (AvgIpc) is 3.22. The standard InChI is InChI=1S/C20H18N4O2/c1-11-8-15-13(3)19(26-17(15)9-12(11)2)20(25)22-18-10-16(23-24-18)14-4-6-21-7-5-14/h4-10H,1-3H3,(H2,22,23,24,25). The van der Waals surface area contributed by atoms with Gasteiger partial charge in [-0.05, 0) is 56.2 Å². The van der Waals surface area contributed by atoms with Gasteiger partial charge in [-0.2, -0.15) is 5.10 Å². The molecule has 1 aromatic carbocycles. The second kappa shape index (κ2) is 6.15. The largest absolute Gasteiger partial charge is 0.451 e. The van der Waals surface area contributed by atoms with Crippen molar-refractivity contribution < 1.29 is 9.21 Å². The van der Waals surface area contributed by atoms with E-state index in [1.54, 1.807) is 18.5 Å². The van der Waals surface area contributed by atoms with Crippen molar-refractivity contribution in [3.8, 4) is 11.3 Å². The average molecular weight is 346 g/mol. The van der Waals surface area contributed by atoms with Crippen LogP contribution in [0.3, 0.4) is 0 Å². The Hall–Kier alpha value is -3.41. The van der Waals surface area contributed by atoms with Crippen LogP contribution >= 0.6 is 0 Å². The van der Waals surface area contributed by atoms with E-state index in [0.29, 0.717) is 11.6 Å². The molecule has 1 amide bonds. The van der Waals surface area contributed by atoms with Gasteiger partial charge in [-0.15, -0.1) is 0 Å². The smallest absolute Gasteiger partial charge is 0.292 e. The number of fused-ring (bicyclic) bond motifs is 1. The first-order valence-corrected chi connectivity index (χ1v) is 8.30. The van der Waals surface area contributed by atoms with E-state index in [9.17, 15) is 4.79 Å². The van der Waals surface area contributed by atoms with Crippen LogP contribution in [0.2, 0.25) is 0 Å². The number of amides is 1. The fourth-order valence-corrected chi connectivity index (χ4v) is 2.93. The van der Waals surface area contributed by atoms with E-state index < -0.39 is 0 Å². The predicted octanol–water partition coefficient (Wildman–Crippen LogP) is 4.40. The molecule has 6 nitrogen and oxygen atoms in total. The van der Waals surface area contributed by atoms with Crippen molar-refractivity contribution in [1.82, 2.24) is 15.2 Å². The molecule has 0 radical (unpaired) electrons. The van der Waals surface area contributed by atoms with E-state index in [-0.39, 0.29) is 5.91 Å². The van der Waals surface area contributed by atoms with Gasteiger partial charge in [0.15, 0.2) is 11.6 Å². The van der Waals surface area contributed by atoms with Crippen LogP contribution in [-0.2, 0) is 0 Å². The van der Waals surface area contributed by atoms with Gasteiger partial charge in [0.05, 0.1) is 5.69 Å². The number of hydrogen-bond donors (Lipinski definition) is 2. The van der Waals surface area contributed by atoms with Gasteiger partial charge in [0.2, 0.25) is 0 Å². The lowest BCUT2D eigenvalue weighted by Gasteiger charge is -1.99. The number of anilines is 1. The van der Waals surface area contributed by atoms with Crippen molar-refractivity contribution in [2.75, 3.05) is 5.32 Å². The second-order valence-electron chi connectivity index (χ2n) is 6.35. The number of rotatable bonds is 3. The van der Waals surface area contributed by atoms with Crippen molar-refractivity contribution in [3.05, 3.63) is 65.2 Å². The maximum Gasteiger partial charge on any atom is 0.292 e. The fraction of sp³-hybridized carbons (Fsp3) is 0.150. The van der Waals surface area contributed by atoms with Gasteiger partial charge in [0, 0.05) is 35.0 Å². The molecule has 6 heteroatoms. The number of carbonyl (C=O) groups is 1. The molecular formula is C20H18N4O2. The number of furan rings is 1. The number of aromatic nitrogens is 3. The summed E-state index contributed by atoms with van der Waals surface area (Å²) >= 11 is 0. The van der Waals surface area contributed by atoms with Crippen LogP contribution in [0.1, 0.15) is 27.2 Å². The third-order valence-corrected chi connectivity index (χ3v) is 4.57. The predicted molar refractivity (Wildman–Crippen MR) is 100 cm³/mol. The number of carbonyl (C=O) groups excluding carboxylic acids is 1. The van der Waals surface area contributed by atoms with Crippen LogP contribution in [-0.4, -0.2) is 21.1 Å². The summed E-state index contributed by atoms with van der Waals surface area (Å²) in [4.78, 5) is 16.6. The first-order valence-electron chi connectivity index (χ1n) is 8.30. The number of aryl methyl sites for hydroxylation is 3. The van der Waals surface area contributed by atoms with Gasteiger partial charge in [0.25, 0.3) is 5.91 Å². The van der Waals surface area contributed by atoms with Gasteiger partial charge in [-0.3, -0.25) is 14.9 Å². The number of H-pyrrole nitrogens is 1. The number of nitrogens with zero attached hydrogens (tertiary/aromatic N) is 2. The van der Waals surface area contributed by atoms with Crippen molar-refractivity contribution >= 4 is 22.7 Å². The zero-order valence-corrected chi connectivity index (χ0v) is 14.8. The minimum atomic E-state index is -0.318. The van der Waals surface area contributed by atoms with Crippen molar-refractivity contribution in [1.29, 1.82) is 0 Å². The molecule has 0 aliphatic rings. The van der Waals surface area contributed by atoms with Gasteiger partial charge in [0.1, 0.15) is 5.58 Å². The van der Waals surface area contributed by atoms with Crippen LogP contribution < -0.4 is 5.32 Å². The third-order valence-electron chi connectivity index (χ3n) is 4.57. The molecular weight excluding hydrogens is 328 g/mol. The summed E-state index contributed by atoms with van der Waals surface area (Å²) in [6.45, 7) is 5.96. The molecule has 4 aromatic rings. The summed E-state index contributed by atoms with van der Waals surface area (Å²) in [6, 6.07) is 9.53. The fourth-order valence-electron chi connectivity index (χ4n) is 2.93. The van der Waals surface area contributed by atoms with E-state index in [2.05, 4.69) is 26.6 Å². The highest BCUT2D eigenvalue weighted by Gasteiger charge is 2.19. The zero-order valence-electron chi connectivity index (χ0n) is 14.8. The van der Waals surface area contributed by atoms with E-state index >= 15 is 0 Å². The highest BCUT2D eigenvalue weighted by molar-refractivity contribution is 6.06. The minimum Gasteiger partial charge on any atom is -0.451 e. The Balaban J connectivity index is 1.62. The summed E-state index contributed by atoms with van der Waals surface area (Å²) < 4.78 is 5.80. The number of hydrogen-bond acceptors (Lipinski definition) is 4. The lowest BCUT2D eigenvalue weighted by Crippen LogP contribution is -2.12. The number of nitrogens with one attached hydrogen (secondary N) is 2. The van der Waals surface area contributed by atoms with Gasteiger partial charge in [-0.1, -0.05) is 0 Å². The van der Waals surface area contributed by atoms with E-state index in [1.165, 1.54) is 5.56 Å². The normalized spacial score (nSPS) is 11.0. The first kappa shape index (κ1) is 16.1. The first-order chi connectivity index (χ1) is 12.5. The van der Waals surface area contributed by atoms with Crippen LogP contribution in [0.5, 0.6) is 0 Å². The Kier molecular flexibility index (Phi) is 3.80. The summed E-state index contributed by atoms with van der Waals surface area (Å²) in [5.74, 6) is 0.425. The number of benzene rings is 1. The molecule has 0 spiro atoms. The Morgan fingerprint density at radius 3 is 2.58 bits per heavy atom. The molecule has 0 fully saturated rings. The molecule has 26 heavy (non-hydrogen) atoms. The number of aromatic amines is 1. The molecule has 130 valence electrons. The monoisotopic (exact) mass is 346 g/mol. The summed E-state index contributed by atoms with van der Waals surface area (Å²) in [5, 5.41) is 10.8.